The zero-order chi connectivity index (χ0) is 17.4. The van der Waals surface area contributed by atoms with Crippen LogP contribution in [0.3, 0.4) is 0 Å². The van der Waals surface area contributed by atoms with Gasteiger partial charge in [-0.2, -0.15) is 0 Å². The first-order chi connectivity index (χ1) is 11.8. The Kier molecular flexibility index (Phi) is 6.44. The van der Waals surface area contributed by atoms with Crippen molar-refractivity contribution in [3.8, 4) is 11.1 Å². The molecule has 0 unspecified atom stereocenters. The number of para-hydroxylation sites is 2. The number of benzene rings is 3. The van der Waals surface area contributed by atoms with Gasteiger partial charge in [0.15, 0.2) is 0 Å². The number of hydrogen-bond donors (Lipinski definition) is 2. The number of anilines is 3. The topological polar surface area (TPSA) is 24.1 Å². The molecule has 2 heteroatoms. The van der Waals surface area contributed by atoms with Gasteiger partial charge in [-0.25, -0.2) is 0 Å². The SMILES string of the molecule is CC.CNc1ccccc1Nc1cc(-c2ccccc2)ccc1C. The quantitative estimate of drug-likeness (QED) is 0.575. The molecule has 0 aliphatic carbocycles. The molecule has 0 heterocycles. The van der Waals surface area contributed by atoms with Gasteiger partial charge >= 0.3 is 0 Å². The summed E-state index contributed by atoms with van der Waals surface area (Å²) in [7, 11) is 1.94. The van der Waals surface area contributed by atoms with Crippen molar-refractivity contribution in [2.24, 2.45) is 0 Å². The van der Waals surface area contributed by atoms with Crippen LogP contribution in [0.5, 0.6) is 0 Å². The summed E-state index contributed by atoms with van der Waals surface area (Å²) in [5.74, 6) is 0. The van der Waals surface area contributed by atoms with Gasteiger partial charge in [-0.1, -0.05) is 68.4 Å². The fraction of sp³-hybridized carbons (Fsp3) is 0.182. The zero-order valence-corrected chi connectivity index (χ0v) is 14.9. The Hall–Kier alpha value is -2.74. The fourth-order valence-electron chi connectivity index (χ4n) is 2.52. The van der Waals surface area contributed by atoms with Crippen molar-refractivity contribution in [2.75, 3.05) is 17.7 Å². The predicted octanol–water partition coefficient (Wildman–Crippen LogP) is 6.47. The third-order valence-electron chi connectivity index (χ3n) is 3.81. The minimum atomic E-state index is 1.08. The molecular formula is C22H26N2. The smallest absolute Gasteiger partial charge is 0.0619 e. The number of rotatable bonds is 4. The van der Waals surface area contributed by atoms with Crippen LogP contribution in [0.1, 0.15) is 19.4 Å². The Morgan fingerprint density at radius 1 is 0.625 bits per heavy atom. The predicted molar refractivity (Wildman–Crippen MR) is 107 cm³/mol. The standard InChI is InChI=1S/C20H20N2.C2H6/c1-15-12-13-17(16-8-4-3-5-9-16)14-20(15)22-19-11-7-6-10-18(19)21-2;1-2/h3-14,21-22H,1-2H3;1-2H3. The van der Waals surface area contributed by atoms with Crippen LogP contribution in [0.25, 0.3) is 11.1 Å². The van der Waals surface area contributed by atoms with E-state index < -0.39 is 0 Å². The average molecular weight is 318 g/mol. The molecule has 0 saturated heterocycles. The molecular weight excluding hydrogens is 292 g/mol. The molecule has 0 aromatic heterocycles. The highest BCUT2D eigenvalue weighted by molar-refractivity contribution is 5.78. The third-order valence-corrected chi connectivity index (χ3v) is 3.81. The molecule has 0 atom stereocenters. The summed E-state index contributed by atoms with van der Waals surface area (Å²) in [6.07, 6.45) is 0. The third kappa shape index (κ3) is 4.17. The first-order valence-corrected chi connectivity index (χ1v) is 8.48. The molecule has 3 rings (SSSR count). The summed E-state index contributed by atoms with van der Waals surface area (Å²) in [5.41, 5.74) is 6.98. The number of aryl methyl sites for hydroxylation is 1. The summed E-state index contributed by atoms with van der Waals surface area (Å²) in [6, 6.07) is 25.2. The van der Waals surface area contributed by atoms with E-state index >= 15 is 0 Å². The van der Waals surface area contributed by atoms with E-state index in [0.717, 1.165) is 17.1 Å². The molecule has 0 bridgehead atoms. The maximum absolute atomic E-state index is 3.54. The summed E-state index contributed by atoms with van der Waals surface area (Å²) < 4.78 is 0. The molecule has 0 spiro atoms. The Bertz CT molecular complexity index is 764. The van der Waals surface area contributed by atoms with E-state index in [1.165, 1.54) is 16.7 Å². The van der Waals surface area contributed by atoms with E-state index in [-0.39, 0.29) is 0 Å². The van der Waals surface area contributed by atoms with E-state index in [2.05, 4.69) is 72.2 Å². The van der Waals surface area contributed by atoms with Crippen molar-refractivity contribution in [1.82, 2.24) is 0 Å². The van der Waals surface area contributed by atoms with Crippen LogP contribution in [-0.4, -0.2) is 7.05 Å². The zero-order valence-electron chi connectivity index (χ0n) is 14.9. The van der Waals surface area contributed by atoms with Gasteiger partial charge in [0.05, 0.1) is 11.4 Å². The lowest BCUT2D eigenvalue weighted by molar-refractivity contribution is 1.41. The normalized spacial score (nSPS) is 9.67. The van der Waals surface area contributed by atoms with Crippen molar-refractivity contribution in [3.05, 3.63) is 78.4 Å². The first kappa shape index (κ1) is 17.6. The molecule has 0 aliphatic heterocycles. The monoisotopic (exact) mass is 318 g/mol. The lowest BCUT2D eigenvalue weighted by Crippen LogP contribution is -1.98. The Morgan fingerprint density at radius 3 is 1.92 bits per heavy atom. The summed E-state index contributed by atoms with van der Waals surface area (Å²) in [5, 5.41) is 6.76. The molecule has 2 N–H and O–H groups in total. The van der Waals surface area contributed by atoms with Crippen LogP contribution in [0.2, 0.25) is 0 Å². The second-order valence-electron chi connectivity index (χ2n) is 5.32. The van der Waals surface area contributed by atoms with Crippen molar-refractivity contribution >= 4 is 17.1 Å². The molecule has 3 aromatic carbocycles. The second-order valence-corrected chi connectivity index (χ2v) is 5.32. The number of nitrogens with one attached hydrogen (secondary N) is 2. The van der Waals surface area contributed by atoms with Crippen molar-refractivity contribution in [2.45, 2.75) is 20.8 Å². The van der Waals surface area contributed by atoms with Gasteiger partial charge in [-0.3, -0.25) is 0 Å². The van der Waals surface area contributed by atoms with E-state index in [4.69, 9.17) is 0 Å². The highest BCUT2D eigenvalue weighted by Gasteiger charge is 2.05. The van der Waals surface area contributed by atoms with E-state index in [9.17, 15) is 0 Å². The van der Waals surface area contributed by atoms with Crippen LogP contribution in [0.4, 0.5) is 17.1 Å². The molecule has 0 amide bonds. The van der Waals surface area contributed by atoms with Gasteiger partial charge in [-0.05, 0) is 41.8 Å². The van der Waals surface area contributed by atoms with Crippen LogP contribution >= 0.6 is 0 Å². The maximum Gasteiger partial charge on any atom is 0.0619 e. The summed E-state index contributed by atoms with van der Waals surface area (Å²) >= 11 is 0. The van der Waals surface area contributed by atoms with E-state index in [0.29, 0.717) is 0 Å². The molecule has 0 radical (unpaired) electrons. The first-order valence-electron chi connectivity index (χ1n) is 8.48. The Labute approximate surface area is 145 Å². The summed E-state index contributed by atoms with van der Waals surface area (Å²) in [6.45, 7) is 6.12. The van der Waals surface area contributed by atoms with Crippen molar-refractivity contribution < 1.29 is 0 Å². The van der Waals surface area contributed by atoms with E-state index in [1.807, 2.05) is 39.1 Å². The molecule has 0 saturated carbocycles. The largest absolute Gasteiger partial charge is 0.386 e. The van der Waals surface area contributed by atoms with Crippen LogP contribution in [0, 0.1) is 6.92 Å². The lowest BCUT2D eigenvalue weighted by Gasteiger charge is -2.15. The van der Waals surface area contributed by atoms with Crippen molar-refractivity contribution in [3.63, 3.8) is 0 Å². The fourth-order valence-corrected chi connectivity index (χ4v) is 2.52. The Balaban J connectivity index is 0.00000100. The lowest BCUT2D eigenvalue weighted by atomic mass is 10.0. The van der Waals surface area contributed by atoms with Crippen molar-refractivity contribution in [1.29, 1.82) is 0 Å². The highest BCUT2D eigenvalue weighted by atomic mass is 14.9. The van der Waals surface area contributed by atoms with Crippen LogP contribution in [-0.2, 0) is 0 Å². The minimum absolute atomic E-state index is 1.08. The van der Waals surface area contributed by atoms with Gasteiger partial charge in [0.25, 0.3) is 0 Å². The molecule has 124 valence electrons. The highest BCUT2D eigenvalue weighted by Crippen LogP contribution is 2.30. The van der Waals surface area contributed by atoms with Gasteiger partial charge in [0, 0.05) is 12.7 Å². The van der Waals surface area contributed by atoms with Gasteiger partial charge in [0.2, 0.25) is 0 Å². The Morgan fingerprint density at radius 2 is 1.25 bits per heavy atom. The molecule has 3 aromatic rings. The molecule has 0 aliphatic rings. The number of hydrogen-bond acceptors (Lipinski definition) is 2. The summed E-state index contributed by atoms with van der Waals surface area (Å²) in [4.78, 5) is 0. The van der Waals surface area contributed by atoms with Gasteiger partial charge in [-0.15, -0.1) is 0 Å². The maximum atomic E-state index is 3.54. The van der Waals surface area contributed by atoms with Gasteiger partial charge in [0.1, 0.15) is 0 Å². The van der Waals surface area contributed by atoms with Crippen LogP contribution < -0.4 is 10.6 Å². The van der Waals surface area contributed by atoms with Gasteiger partial charge < -0.3 is 10.6 Å². The van der Waals surface area contributed by atoms with E-state index in [1.54, 1.807) is 0 Å². The average Bonchev–Trinajstić information content (AvgIpc) is 2.66. The molecule has 0 fully saturated rings. The minimum Gasteiger partial charge on any atom is -0.386 e. The molecule has 24 heavy (non-hydrogen) atoms. The van der Waals surface area contributed by atoms with Crippen LogP contribution in [0.15, 0.2) is 72.8 Å². The molecule has 2 nitrogen and oxygen atoms in total. The second kappa shape index (κ2) is 8.78.